The van der Waals surface area contributed by atoms with Crippen molar-refractivity contribution in [3.8, 4) is 0 Å². The Balaban J connectivity index is 1.83. The van der Waals surface area contributed by atoms with Gasteiger partial charge in [0.1, 0.15) is 0 Å². The van der Waals surface area contributed by atoms with Crippen LogP contribution in [0.1, 0.15) is 18.4 Å². The molecule has 0 unspecified atom stereocenters. The molecule has 82 valence electrons. The number of nitrogens with zero attached hydrogens (tertiary/aromatic N) is 1. The molecule has 1 aromatic rings. The van der Waals surface area contributed by atoms with Crippen LogP contribution in [0.15, 0.2) is 30.3 Å². The van der Waals surface area contributed by atoms with Crippen LogP contribution in [0.5, 0.6) is 0 Å². The van der Waals surface area contributed by atoms with Gasteiger partial charge in [-0.2, -0.15) is 0 Å². The van der Waals surface area contributed by atoms with E-state index in [9.17, 15) is 0 Å². The molecule has 1 aliphatic heterocycles. The monoisotopic (exact) mass is 204 g/mol. The van der Waals surface area contributed by atoms with Gasteiger partial charge in [-0.1, -0.05) is 30.3 Å². The summed E-state index contributed by atoms with van der Waals surface area (Å²) >= 11 is 0. The van der Waals surface area contributed by atoms with Crippen molar-refractivity contribution in [2.75, 3.05) is 19.6 Å². The fourth-order valence-corrected chi connectivity index (χ4v) is 2.37. The molecular weight excluding hydrogens is 184 g/mol. The highest BCUT2D eigenvalue weighted by atomic mass is 15.2. The van der Waals surface area contributed by atoms with Gasteiger partial charge < -0.3 is 5.73 Å². The number of rotatable bonds is 4. The minimum Gasteiger partial charge on any atom is -0.329 e. The summed E-state index contributed by atoms with van der Waals surface area (Å²) in [6.45, 7) is 3.20. The van der Waals surface area contributed by atoms with E-state index in [1.807, 2.05) is 0 Å². The third-order valence-corrected chi connectivity index (χ3v) is 3.30. The molecule has 1 heterocycles. The van der Waals surface area contributed by atoms with Gasteiger partial charge in [0.05, 0.1) is 0 Å². The van der Waals surface area contributed by atoms with Gasteiger partial charge in [-0.15, -0.1) is 0 Å². The molecule has 1 fully saturated rings. The average molecular weight is 204 g/mol. The lowest BCUT2D eigenvalue weighted by Gasteiger charge is -2.22. The second kappa shape index (κ2) is 5.29. The van der Waals surface area contributed by atoms with Crippen molar-refractivity contribution >= 4 is 0 Å². The van der Waals surface area contributed by atoms with Crippen molar-refractivity contribution in [3.63, 3.8) is 0 Å². The Labute approximate surface area is 92.1 Å². The van der Waals surface area contributed by atoms with Crippen LogP contribution in [0, 0.1) is 0 Å². The molecule has 1 saturated heterocycles. The van der Waals surface area contributed by atoms with Crippen LogP contribution >= 0.6 is 0 Å². The second-order valence-corrected chi connectivity index (χ2v) is 4.30. The fraction of sp³-hybridized carbons (Fsp3) is 0.538. The molecule has 15 heavy (non-hydrogen) atoms. The van der Waals surface area contributed by atoms with Crippen molar-refractivity contribution in [3.05, 3.63) is 35.9 Å². The van der Waals surface area contributed by atoms with E-state index in [2.05, 4.69) is 35.2 Å². The molecular formula is C13H20N2. The van der Waals surface area contributed by atoms with E-state index in [4.69, 9.17) is 5.73 Å². The summed E-state index contributed by atoms with van der Waals surface area (Å²) in [5.41, 5.74) is 7.18. The van der Waals surface area contributed by atoms with Gasteiger partial charge in [0.2, 0.25) is 0 Å². The Hall–Kier alpha value is -0.860. The molecule has 2 nitrogen and oxygen atoms in total. The standard InChI is InChI=1S/C13H20N2/c14-11-13-7-4-9-15(13)10-8-12-5-2-1-3-6-12/h1-3,5-6,13H,4,7-11,14H2/t13-/m0/s1. The molecule has 2 rings (SSSR count). The van der Waals surface area contributed by atoms with Gasteiger partial charge >= 0.3 is 0 Å². The molecule has 1 atom stereocenters. The van der Waals surface area contributed by atoms with Crippen LogP contribution in [0.25, 0.3) is 0 Å². The second-order valence-electron chi connectivity index (χ2n) is 4.30. The molecule has 2 heteroatoms. The molecule has 0 radical (unpaired) electrons. The predicted molar refractivity (Wildman–Crippen MR) is 63.8 cm³/mol. The summed E-state index contributed by atoms with van der Waals surface area (Å²) in [5, 5.41) is 0. The van der Waals surface area contributed by atoms with E-state index in [1.165, 1.54) is 24.9 Å². The Morgan fingerprint density at radius 3 is 2.80 bits per heavy atom. The van der Waals surface area contributed by atoms with Crippen LogP contribution in [0.4, 0.5) is 0 Å². The summed E-state index contributed by atoms with van der Waals surface area (Å²) in [7, 11) is 0. The first kappa shape index (κ1) is 10.7. The molecule has 0 bridgehead atoms. The third-order valence-electron chi connectivity index (χ3n) is 3.30. The molecule has 0 saturated carbocycles. The number of benzene rings is 1. The Morgan fingerprint density at radius 1 is 1.27 bits per heavy atom. The molecule has 2 N–H and O–H groups in total. The highest BCUT2D eigenvalue weighted by molar-refractivity contribution is 5.14. The van der Waals surface area contributed by atoms with Gasteiger partial charge in [-0.25, -0.2) is 0 Å². The highest BCUT2D eigenvalue weighted by Crippen LogP contribution is 2.16. The SMILES string of the molecule is NC[C@@H]1CCCN1CCc1ccccc1. The predicted octanol–water partition coefficient (Wildman–Crippen LogP) is 1.65. The summed E-state index contributed by atoms with van der Waals surface area (Å²) in [6.07, 6.45) is 3.75. The largest absolute Gasteiger partial charge is 0.329 e. The summed E-state index contributed by atoms with van der Waals surface area (Å²) in [6, 6.07) is 11.3. The van der Waals surface area contributed by atoms with Crippen LogP contribution < -0.4 is 5.73 Å². The van der Waals surface area contributed by atoms with Crippen LogP contribution in [-0.2, 0) is 6.42 Å². The Kier molecular flexibility index (Phi) is 3.75. The maximum atomic E-state index is 5.75. The molecule has 0 aromatic heterocycles. The van der Waals surface area contributed by atoms with Gasteiger partial charge in [-0.05, 0) is 31.4 Å². The summed E-state index contributed by atoms with van der Waals surface area (Å²) in [5.74, 6) is 0. The molecule has 0 amide bonds. The normalized spacial score (nSPS) is 22.1. The van der Waals surface area contributed by atoms with E-state index < -0.39 is 0 Å². The highest BCUT2D eigenvalue weighted by Gasteiger charge is 2.22. The Morgan fingerprint density at radius 2 is 2.07 bits per heavy atom. The average Bonchev–Trinajstić information content (AvgIpc) is 2.75. The van der Waals surface area contributed by atoms with E-state index >= 15 is 0 Å². The van der Waals surface area contributed by atoms with Gasteiger partial charge in [0, 0.05) is 19.1 Å². The molecule has 1 aliphatic rings. The van der Waals surface area contributed by atoms with Gasteiger partial charge in [0.15, 0.2) is 0 Å². The number of hydrogen-bond acceptors (Lipinski definition) is 2. The first-order valence-electron chi connectivity index (χ1n) is 5.88. The lowest BCUT2D eigenvalue weighted by Crippen LogP contribution is -2.36. The van der Waals surface area contributed by atoms with Crippen molar-refractivity contribution in [2.45, 2.75) is 25.3 Å². The quantitative estimate of drug-likeness (QED) is 0.808. The minimum absolute atomic E-state index is 0.633. The number of nitrogens with two attached hydrogens (primary N) is 1. The van der Waals surface area contributed by atoms with Crippen molar-refractivity contribution < 1.29 is 0 Å². The molecule has 0 aliphatic carbocycles. The lowest BCUT2D eigenvalue weighted by molar-refractivity contribution is 0.262. The zero-order valence-corrected chi connectivity index (χ0v) is 9.23. The number of likely N-dealkylation sites (tertiary alicyclic amines) is 1. The van der Waals surface area contributed by atoms with E-state index in [0.29, 0.717) is 6.04 Å². The van der Waals surface area contributed by atoms with Crippen LogP contribution in [-0.4, -0.2) is 30.6 Å². The minimum atomic E-state index is 0.633. The molecule has 0 spiro atoms. The van der Waals surface area contributed by atoms with Crippen molar-refractivity contribution in [1.29, 1.82) is 0 Å². The number of hydrogen-bond donors (Lipinski definition) is 1. The smallest absolute Gasteiger partial charge is 0.0219 e. The topological polar surface area (TPSA) is 29.3 Å². The lowest BCUT2D eigenvalue weighted by atomic mass is 10.1. The van der Waals surface area contributed by atoms with Crippen LogP contribution in [0.2, 0.25) is 0 Å². The van der Waals surface area contributed by atoms with Crippen LogP contribution in [0.3, 0.4) is 0 Å². The molecule has 1 aromatic carbocycles. The van der Waals surface area contributed by atoms with E-state index in [-0.39, 0.29) is 0 Å². The maximum Gasteiger partial charge on any atom is 0.0219 e. The Bertz CT molecular complexity index is 284. The zero-order chi connectivity index (χ0) is 10.5. The first-order valence-corrected chi connectivity index (χ1v) is 5.88. The fourth-order valence-electron chi connectivity index (χ4n) is 2.37. The summed E-state index contributed by atoms with van der Waals surface area (Å²) in [4.78, 5) is 2.53. The van der Waals surface area contributed by atoms with Gasteiger partial charge in [0.25, 0.3) is 0 Å². The van der Waals surface area contributed by atoms with Gasteiger partial charge in [-0.3, -0.25) is 4.90 Å². The third kappa shape index (κ3) is 2.80. The summed E-state index contributed by atoms with van der Waals surface area (Å²) < 4.78 is 0. The van der Waals surface area contributed by atoms with E-state index in [1.54, 1.807) is 0 Å². The van der Waals surface area contributed by atoms with Crippen molar-refractivity contribution in [2.24, 2.45) is 5.73 Å². The zero-order valence-electron chi connectivity index (χ0n) is 9.23. The first-order chi connectivity index (χ1) is 7.40. The maximum absolute atomic E-state index is 5.75. The van der Waals surface area contributed by atoms with E-state index in [0.717, 1.165) is 19.5 Å². The van der Waals surface area contributed by atoms with Crippen molar-refractivity contribution in [1.82, 2.24) is 4.90 Å².